The molecule has 0 aliphatic rings. The SMILES string of the molecule is CNCCc1ccc(S(=O)(=O)NCc2cn(C)nc2C)s1. The second-order valence-corrected chi connectivity index (χ2v) is 7.97. The van der Waals surface area contributed by atoms with E-state index in [9.17, 15) is 8.42 Å². The smallest absolute Gasteiger partial charge is 0.250 e. The summed E-state index contributed by atoms with van der Waals surface area (Å²) in [5.41, 5.74) is 1.72. The van der Waals surface area contributed by atoms with Gasteiger partial charge in [0.15, 0.2) is 0 Å². The number of rotatable bonds is 7. The zero-order valence-electron chi connectivity index (χ0n) is 12.4. The number of aryl methyl sites for hydroxylation is 2. The molecule has 0 fully saturated rings. The van der Waals surface area contributed by atoms with Crippen molar-refractivity contribution in [2.75, 3.05) is 13.6 Å². The number of nitrogens with one attached hydrogen (secondary N) is 2. The highest BCUT2D eigenvalue weighted by atomic mass is 32.2. The molecule has 0 spiro atoms. The van der Waals surface area contributed by atoms with Gasteiger partial charge in [-0.2, -0.15) is 5.10 Å². The number of nitrogens with zero attached hydrogens (tertiary/aromatic N) is 2. The van der Waals surface area contributed by atoms with Gasteiger partial charge in [-0.1, -0.05) is 0 Å². The lowest BCUT2D eigenvalue weighted by Crippen LogP contribution is -2.22. The summed E-state index contributed by atoms with van der Waals surface area (Å²) < 4.78 is 29.2. The summed E-state index contributed by atoms with van der Waals surface area (Å²) in [7, 11) is 0.237. The van der Waals surface area contributed by atoms with Crippen LogP contribution in [0.2, 0.25) is 0 Å². The van der Waals surface area contributed by atoms with Gasteiger partial charge in [0, 0.05) is 30.2 Å². The van der Waals surface area contributed by atoms with Crippen LogP contribution in [0.1, 0.15) is 16.1 Å². The number of likely N-dealkylation sites (N-methyl/N-ethyl adjacent to an activating group) is 1. The van der Waals surface area contributed by atoms with Gasteiger partial charge in [-0.25, -0.2) is 13.1 Å². The van der Waals surface area contributed by atoms with E-state index in [1.807, 2.05) is 33.3 Å². The minimum Gasteiger partial charge on any atom is -0.319 e. The molecule has 116 valence electrons. The van der Waals surface area contributed by atoms with Crippen molar-refractivity contribution < 1.29 is 8.42 Å². The maximum absolute atomic E-state index is 12.3. The van der Waals surface area contributed by atoms with Crippen molar-refractivity contribution in [3.63, 3.8) is 0 Å². The summed E-state index contributed by atoms with van der Waals surface area (Å²) in [5, 5.41) is 7.25. The molecule has 0 saturated carbocycles. The Morgan fingerprint density at radius 2 is 2.14 bits per heavy atom. The van der Waals surface area contributed by atoms with E-state index in [4.69, 9.17) is 0 Å². The molecule has 0 amide bonds. The van der Waals surface area contributed by atoms with E-state index in [1.54, 1.807) is 10.7 Å². The normalized spacial score (nSPS) is 12.0. The fourth-order valence-electron chi connectivity index (χ4n) is 1.95. The summed E-state index contributed by atoms with van der Waals surface area (Å²) in [6.07, 6.45) is 2.66. The van der Waals surface area contributed by atoms with Gasteiger partial charge in [0.1, 0.15) is 4.21 Å². The first-order chi connectivity index (χ1) is 9.92. The third-order valence-electron chi connectivity index (χ3n) is 3.09. The molecule has 0 radical (unpaired) electrons. The minimum absolute atomic E-state index is 0.256. The van der Waals surface area contributed by atoms with Crippen molar-refractivity contribution in [2.24, 2.45) is 7.05 Å². The maximum Gasteiger partial charge on any atom is 0.250 e. The Balaban J connectivity index is 2.04. The highest BCUT2D eigenvalue weighted by Crippen LogP contribution is 2.22. The molecule has 8 heteroatoms. The van der Waals surface area contributed by atoms with Crippen molar-refractivity contribution in [1.82, 2.24) is 19.8 Å². The second-order valence-electron chi connectivity index (χ2n) is 4.81. The van der Waals surface area contributed by atoms with E-state index >= 15 is 0 Å². The van der Waals surface area contributed by atoms with Gasteiger partial charge in [-0.05, 0) is 39.1 Å². The molecule has 0 bridgehead atoms. The molecule has 0 aliphatic carbocycles. The van der Waals surface area contributed by atoms with Crippen LogP contribution in [-0.2, 0) is 30.0 Å². The van der Waals surface area contributed by atoms with Crippen LogP contribution in [0, 0.1) is 6.92 Å². The number of aromatic nitrogens is 2. The number of sulfonamides is 1. The van der Waals surface area contributed by atoms with Crippen LogP contribution in [0.5, 0.6) is 0 Å². The molecule has 2 heterocycles. The average Bonchev–Trinajstić information content (AvgIpc) is 3.01. The van der Waals surface area contributed by atoms with E-state index in [0.29, 0.717) is 4.21 Å². The molecule has 0 atom stereocenters. The molecule has 0 saturated heterocycles. The molecule has 0 aromatic carbocycles. The molecule has 2 rings (SSSR count). The first kappa shape index (κ1) is 16.2. The lowest BCUT2D eigenvalue weighted by atomic mass is 10.3. The van der Waals surface area contributed by atoms with Crippen molar-refractivity contribution in [2.45, 2.75) is 24.1 Å². The second kappa shape index (κ2) is 6.69. The van der Waals surface area contributed by atoms with Crippen LogP contribution in [0.15, 0.2) is 22.5 Å². The Bertz CT molecular complexity index is 704. The van der Waals surface area contributed by atoms with Crippen molar-refractivity contribution in [3.8, 4) is 0 Å². The summed E-state index contributed by atoms with van der Waals surface area (Å²) in [5.74, 6) is 0. The Morgan fingerprint density at radius 3 is 2.76 bits per heavy atom. The molecule has 2 aromatic heterocycles. The van der Waals surface area contributed by atoms with Crippen LogP contribution in [0.4, 0.5) is 0 Å². The monoisotopic (exact) mass is 328 g/mol. The lowest BCUT2D eigenvalue weighted by molar-refractivity contribution is 0.583. The van der Waals surface area contributed by atoms with Crippen molar-refractivity contribution in [3.05, 3.63) is 34.5 Å². The van der Waals surface area contributed by atoms with Gasteiger partial charge in [0.25, 0.3) is 0 Å². The van der Waals surface area contributed by atoms with Gasteiger partial charge in [0.2, 0.25) is 10.0 Å². The molecule has 2 N–H and O–H groups in total. The largest absolute Gasteiger partial charge is 0.319 e. The quantitative estimate of drug-likeness (QED) is 0.796. The fourth-order valence-corrected chi connectivity index (χ4v) is 4.36. The van der Waals surface area contributed by atoms with Crippen molar-refractivity contribution >= 4 is 21.4 Å². The van der Waals surface area contributed by atoms with Gasteiger partial charge >= 0.3 is 0 Å². The Kier molecular flexibility index (Phi) is 5.15. The topological polar surface area (TPSA) is 76.0 Å². The first-order valence-corrected chi connectivity index (χ1v) is 8.94. The molecule has 0 unspecified atom stereocenters. The molecular formula is C13H20N4O2S2. The number of hydrogen-bond donors (Lipinski definition) is 2. The number of thiophene rings is 1. The van der Waals surface area contributed by atoms with E-state index in [2.05, 4.69) is 15.1 Å². The molecule has 6 nitrogen and oxygen atoms in total. The Labute approximate surface area is 129 Å². The van der Waals surface area contributed by atoms with Crippen LogP contribution in [0.25, 0.3) is 0 Å². The summed E-state index contributed by atoms with van der Waals surface area (Å²) in [6, 6.07) is 3.53. The summed E-state index contributed by atoms with van der Waals surface area (Å²) in [6.45, 7) is 2.96. The van der Waals surface area contributed by atoms with Gasteiger partial charge in [-0.3, -0.25) is 4.68 Å². The zero-order valence-corrected chi connectivity index (χ0v) is 14.0. The van der Waals surface area contributed by atoms with Crippen LogP contribution >= 0.6 is 11.3 Å². The van der Waals surface area contributed by atoms with Crippen LogP contribution in [-0.4, -0.2) is 31.8 Å². The molecular weight excluding hydrogens is 308 g/mol. The minimum atomic E-state index is -3.46. The highest BCUT2D eigenvalue weighted by molar-refractivity contribution is 7.91. The molecule has 21 heavy (non-hydrogen) atoms. The van der Waals surface area contributed by atoms with Crippen LogP contribution in [0.3, 0.4) is 0 Å². The highest BCUT2D eigenvalue weighted by Gasteiger charge is 2.17. The fraction of sp³-hybridized carbons (Fsp3) is 0.462. The third kappa shape index (κ3) is 4.13. The Morgan fingerprint density at radius 1 is 1.38 bits per heavy atom. The van der Waals surface area contributed by atoms with Gasteiger partial charge in [0.05, 0.1) is 5.69 Å². The predicted octanol–water partition coefficient (Wildman–Crippen LogP) is 1.03. The van der Waals surface area contributed by atoms with E-state index in [1.165, 1.54) is 11.3 Å². The standard InChI is InChI=1S/C13H20N4O2S2/c1-10-11(9-17(3)16-10)8-15-21(18,19)13-5-4-12(20-13)6-7-14-2/h4-5,9,14-15H,6-8H2,1-3H3. The van der Waals surface area contributed by atoms with E-state index < -0.39 is 10.0 Å². The molecule has 2 aromatic rings. The zero-order chi connectivity index (χ0) is 15.5. The van der Waals surface area contributed by atoms with E-state index in [0.717, 1.165) is 29.1 Å². The molecule has 0 aliphatic heterocycles. The summed E-state index contributed by atoms with van der Waals surface area (Å²) >= 11 is 1.31. The first-order valence-electron chi connectivity index (χ1n) is 6.64. The lowest BCUT2D eigenvalue weighted by Gasteiger charge is -2.03. The van der Waals surface area contributed by atoms with Gasteiger partial charge in [-0.15, -0.1) is 11.3 Å². The van der Waals surface area contributed by atoms with Gasteiger partial charge < -0.3 is 5.32 Å². The average molecular weight is 328 g/mol. The van der Waals surface area contributed by atoms with Crippen molar-refractivity contribution in [1.29, 1.82) is 0 Å². The maximum atomic E-state index is 12.3. The number of hydrogen-bond acceptors (Lipinski definition) is 5. The third-order valence-corrected chi connectivity index (χ3v) is 6.13. The van der Waals surface area contributed by atoms with Crippen LogP contribution < -0.4 is 10.0 Å². The predicted molar refractivity (Wildman–Crippen MR) is 83.9 cm³/mol. The summed E-state index contributed by atoms with van der Waals surface area (Å²) in [4.78, 5) is 1.06. The van der Waals surface area contributed by atoms with E-state index in [-0.39, 0.29) is 6.54 Å². The Hall–Kier alpha value is -1.22.